The van der Waals surface area contributed by atoms with E-state index >= 15 is 0 Å². The van der Waals surface area contributed by atoms with Gasteiger partial charge in [-0.05, 0) is 52.5 Å². The summed E-state index contributed by atoms with van der Waals surface area (Å²) >= 11 is 0. The third kappa shape index (κ3) is 3.74. The summed E-state index contributed by atoms with van der Waals surface area (Å²) in [6, 6.07) is 2.08. The van der Waals surface area contributed by atoms with Crippen molar-refractivity contribution in [2.24, 2.45) is 5.92 Å². The maximum atomic E-state index is 3.62. The van der Waals surface area contributed by atoms with Gasteiger partial charge in [-0.15, -0.1) is 0 Å². The monoisotopic (exact) mass is 226 g/mol. The number of nitrogens with zero attached hydrogens (tertiary/aromatic N) is 1. The second-order valence-corrected chi connectivity index (χ2v) is 5.66. The van der Waals surface area contributed by atoms with Crippen LogP contribution in [0.2, 0.25) is 0 Å². The number of hydrogen-bond donors (Lipinski definition) is 1. The van der Waals surface area contributed by atoms with E-state index in [4.69, 9.17) is 0 Å². The van der Waals surface area contributed by atoms with E-state index in [2.05, 4.69) is 44.8 Å². The Morgan fingerprint density at radius 3 is 2.62 bits per heavy atom. The van der Waals surface area contributed by atoms with Gasteiger partial charge in [0.05, 0.1) is 0 Å². The Balaban J connectivity index is 2.37. The SMILES string of the molecule is CCC(C)NCC(C)N1CCCC(C)C1C. The van der Waals surface area contributed by atoms with E-state index in [9.17, 15) is 0 Å². The van der Waals surface area contributed by atoms with Gasteiger partial charge in [0.15, 0.2) is 0 Å². The molecular weight excluding hydrogens is 196 g/mol. The van der Waals surface area contributed by atoms with Crippen LogP contribution in [0.4, 0.5) is 0 Å². The van der Waals surface area contributed by atoms with Gasteiger partial charge in [0.2, 0.25) is 0 Å². The van der Waals surface area contributed by atoms with E-state index in [1.807, 2.05) is 0 Å². The van der Waals surface area contributed by atoms with Crippen LogP contribution in [-0.4, -0.2) is 36.1 Å². The molecular formula is C14H30N2. The van der Waals surface area contributed by atoms with E-state index in [1.165, 1.54) is 25.8 Å². The average Bonchev–Trinajstić information content (AvgIpc) is 2.29. The normalized spacial score (nSPS) is 31.3. The van der Waals surface area contributed by atoms with Crippen molar-refractivity contribution in [2.75, 3.05) is 13.1 Å². The fraction of sp³-hybridized carbons (Fsp3) is 1.00. The molecule has 1 heterocycles. The molecule has 0 bridgehead atoms. The summed E-state index contributed by atoms with van der Waals surface area (Å²) in [6.07, 6.45) is 4.00. The van der Waals surface area contributed by atoms with Crippen molar-refractivity contribution in [2.45, 2.75) is 72.0 Å². The molecule has 0 spiro atoms. The Morgan fingerprint density at radius 2 is 2.00 bits per heavy atom. The van der Waals surface area contributed by atoms with E-state index < -0.39 is 0 Å². The smallest absolute Gasteiger partial charge is 0.0195 e. The maximum Gasteiger partial charge on any atom is 0.0195 e. The highest BCUT2D eigenvalue weighted by Gasteiger charge is 2.27. The Hall–Kier alpha value is -0.0800. The fourth-order valence-electron chi connectivity index (χ4n) is 2.62. The first kappa shape index (κ1) is 14.0. The molecule has 0 aliphatic carbocycles. The minimum atomic E-state index is 0.653. The summed E-state index contributed by atoms with van der Waals surface area (Å²) in [5.74, 6) is 0.861. The summed E-state index contributed by atoms with van der Waals surface area (Å²) in [7, 11) is 0. The standard InChI is InChI=1S/C14H30N2/c1-6-12(3)15-10-13(4)16-9-7-8-11(2)14(16)5/h11-15H,6-10H2,1-5H3. The Labute approximate surface area is 102 Å². The number of piperidine rings is 1. The van der Waals surface area contributed by atoms with Gasteiger partial charge in [0.1, 0.15) is 0 Å². The Bertz CT molecular complexity index is 193. The molecule has 96 valence electrons. The first-order valence-electron chi connectivity index (χ1n) is 7.05. The molecule has 0 saturated carbocycles. The molecule has 1 fully saturated rings. The van der Waals surface area contributed by atoms with Gasteiger partial charge in [0.25, 0.3) is 0 Å². The van der Waals surface area contributed by atoms with Crippen LogP contribution in [0.25, 0.3) is 0 Å². The van der Waals surface area contributed by atoms with Crippen LogP contribution in [0.3, 0.4) is 0 Å². The Kier molecular flexibility index (Phi) is 5.77. The van der Waals surface area contributed by atoms with Crippen molar-refractivity contribution in [3.63, 3.8) is 0 Å². The third-order valence-electron chi connectivity index (χ3n) is 4.36. The van der Waals surface area contributed by atoms with Crippen LogP contribution in [-0.2, 0) is 0 Å². The summed E-state index contributed by atoms with van der Waals surface area (Å²) in [6.45, 7) is 14.1. The van der Waals surface area contributed by atoms with E-state index in [1.54, 1.807) is 0 Å². The van der Waals surface area contributed by atoms with Gasteiger partial charge >= 0.3 is 0 Å². The molecule has 0 aromatic carbocycles. The van der Waals surface area contributed by atoms with Gasteiger partial charge in [-0.25, -0.2) is 0 Å². The zero-order valence-electron chi connectivity index (χ0n) is 11.8. The minimum absolute atomic E-state index is 0.653. The lowest BCUT2D eigenvalue weighted by Gasteiger charge is -2.42. The van der Waals surface area contributed by atoms with Gasteiger partial charge in [-0.1, -0.05) is 13.8 Å². The first-order chi connectivity index (χ1) is 7.56. The quantitative estimate of drug-likeness (QED) is 0.775. The van der Waals surface area contributed by atoms with Crippen molar-refractivity contribution in [3.05, 3.63) is 0 Å². The lowest BCUT2D eigenvalue weighted by atomic mass is 9.91. The first-order valence-corrected chi connectivity index (χ1v) is 7.05. The van der Waals surface area contributed by atoms with Gasteiger partial charge < -0.3 is 5.32 Å². The molecule has 1 N–H and O–H groups in total. The van der Waals surface area contributed by atoms with Crippen LogP contribution in [0.1, 0.15) is 53.9 Å². The average molecular weight is 226 g/mol. The maximum absolute atomic E-state index is 3.62. The molecule has 1 aliphatic heterocycles. The van der Waals surface area contributed by atoms with Crippen molar-refractivity contribution in [3.8, 4) is 0 Å². The number of nitrogens with one attached hydrogen (secondary N) is 1. The van der Waals surface area contributed by atoms with Crippen LogP contribution in [0, 0.1) is 5.92 Å². The highest BCUT2D eigenvalue weighted by atomic mass is 15.2. The van der Waals surface area contributed by atoms with Gasteiger partial charge in [-0.2, -0.15) is 0 Å². The molecule has 4 atom stereocenters. The van der Waals surface area contributed by atoms with Crippen LogP contribution < -0.4 is 5.32 Å². The molecule has 0 amide bonds. The van der Waals surface area contributed by atoms with Crippen LogP contribution >= 0.6 is 0 Å². The molecule has 4 unspecified atom stereocenters. The summed E-state index contributed by atoms with van der Waals surface area (Å²) in [5, 5.41) is 3.62. The van der Waals surface area contributed by atoms with Gasteiger partial charge in [0, 0.05) is 24.7 Å². The molecule has 1 rings (SSSR count). The second kappa shape index (κ2) is 6.61. The van der Waals surface area contributed by atoms with E-state index in [0.29, 0.717) is 12.1 Å². The minimum Gasteiger partial charge on any atom is -0.313 e. The van der Waals surface area contributed by atoms with Crippen molar-refractivity contribution < 1.29 is 0 Å². The van der Waals surface area contributed by atoms with Crippen molar-refractivity contribution >= 4 is 0 Å². The van der Waals surface area contributed by atoms with E-state index in [0.717, 1.165) is 18.5 Å². The third-order valence-corrected chi connectivity index (χ3v) is 4.36. The number of rotatable bonds is 5. The molecule has 0 radical (unpaired) electrons. The molecule has 2 nitrogen and oxygen atoms in total. The zero-order valence-corrected chi connectivity index (χ0v) is 11.8. The molecule has 0 aromatic rings. The lowest BCUT2D eigenvalue weighted by molar-refractivity contribution is 0.0741. The molecule has 16 heavy (non-hydrogen) atoms. The topological polar surface area (TPSA) is 15.3 Å². The van der Waals surface area contributed by atoms with Gasteiger partial charge in [-0.3, -0.25) is 4.90 Å². The fourth-order valence-corrected chi connectivity index (χ4v) is 2.62. The van der Waals surface area contributed by atoms with Crippen molar-refractivity contribution in [1.82, 2.24) is 10.2 Å². The van der Waals surface area contributed by atoms with Crippen LogP contribution in [0.5, 0.6) is 0 Å². The molecule has 1 saturated heterocycles. The predicted molar refractivity (Wildman–Crippen MR) is 71.8 cm³/mol. The lowest BCUT2D eigenvalue weighted by Crippen LogP contribution is -2.51. The molecule has 2 heteroatoms. The molecule has 0 aromatic heterocycles. The highest BCUT2D eigenvalue weighted by molar-refractivity contribution is 4.83. The van der Waals surface area contributed by atoms with E-state index in [-0.39, 0.29) is 0 Å². The van der Waals surface area contributed by atoms with Crippen LogP contribution in [0.15, 0.2) is 0 Å². The largest absolute Gasteiger partial charge is 0.313 e. The highest BCUT2D eigenvalue weighted by Crippen LogP contribution is 2.24. The summed E-state index contributed by atoms with van der Waals surface area (Å²) in [4.78, 5) is 2.68. The zero-order chi connectivity index (χ0) is 12.1. The van der Waals surface area contributed by atoms with Crippen molar-refractivity contribution in [1.29, 1.82) is 0 Å². The summed E-state index contributed by atoms with van der Waals surface area (Å²) < 4.78 is 0. The second-order valence-electron chi connectivity index (χ2n) is 5.66. The number of likely N-dealkylation sites (tertiary alicyclic amines) is 1. The predicted octanol–water partition coefficient (Wildman–Crippen LogP) is 2.88. The Morgan fingerprint density at radius 1 is 1.31 bits per heavy atom. The molecule has 1 aliphatic rings. The number of hydrogen-bond acceptors (Lipinski definition) is 2. The summed E-state index contributed by atoms with van der Waals surface area (Å²) in [5.41, 5.74) is 0.